The van der Waals surface area contributed by atoms with Crippen molar-refractivity contribution in [3.05, 3.63) is 0 Å². The molecule has 4 heteroatoms. The molecule has 0 N–H and O–H groups in total. The predicted molar refractivity (Wildman–Crippen MR) is 72.7 cm³/mol. The monoisotopic (exact) mass is 280 g/mol. The number of carbonyl (C=O) groups excluding carboxylic acids is 2. The summed E-state index contributed by atoms with van der Waals surface area (Å²) in [4.78, 5) is 24.2. The second-order valence-electron chi connectivity index (χ2n) is 7.50. The third-order valence-corrected chi connectivity index (χ3v) is 6.21. The van der Waals surface area contributed by atoms with Crippen molar-refractivity contribution < 1.29 is 19.1 Å². The zero-order chi connectivity index (χ0) is 14.7. The van der Waals surface area contributed by atoms with E-state index in [1.54, 1.807) is 0 Å². The molecule has 5 atom stereocenters. The molecule has 0 aromatic heterocycles. The molecule has 3 fully saturated rings. The van der Waals surface area contributed by atoms with Gasteiger partial charge >= 0.3 is 11.9 Å². The quantitative estimate of drug-likeness (QED) is 0.746. The Balaban J connectivity index is 1.73. The minimum atomic E-state index is -0.423. The summed E-state index contributed by atoms with van der Waals surface area (Å²) in [6, 6.07) is 0. The number of hydrogen-bond acceptors (Lipinski definition) is 4. The Hall–Kier alpha value is -1.06. The van der Waals surface area contributed by atoms with E-state index in [9.17, 15) is 9.59 Å². The molecule has 2 bridgehead atoms. The van der Waals surface area contributed by atoms with Crippen molar-refractivity contribution in [3.63, 3.8) is 0 Å². The van der Waals surface area contributed by atoms with Gasteiger partial charge in [-0.3, -0.25) is 9.59 Å². The van der Waals surface area contributed by atoms with Crippen molar-refractivity contribution >= 4 is 11.9 Å². The molecule has 0 aromatic carbocycles. The number of rotatable bonds is 3. The summed E-state index contributed by atoms with van der Waals surface area (Å²) in [6.45, 7) is 8.39. The van der Waals surface area contributed by atoms with Gasteiger partial charge in [0.2, 0.25) is 0 Å². The molecule has 2 saturated carbocycles. The Morgan fingerprint density at radius 3 is 2.80 bits per heavy atom. The lowest BCUT2D eigenvalue weighted by Crippen LogP contribution is -2.43. The molecular weight excluding hydrogens is 256 g/mol. The predicted octanol–water partition coefficient (Wildman–Crippen LogP) is 2.55. The van der Waals surface area contributed by atoms with Gasteiger partial charge in [0.15, 0.2) is 0 Å². The van der Waals surface area contributed by atoms with Gasteiger partial charge < -0.3 is 9.47 Å². The van der Waals surface area contributed by atoms with Gasteiger partial charge in [-0.25, -0.2) is 0 Å². The highest BCUT2D eigenvalue weighted by Crippen LogP contribution is 2.63. The molecule has 0 spiro atoms. The van der Waals surface area contributed by atoms with Crippen molar-refractivity contribution in [1.29, 1.82) is 0 Å². The van der Waals surface area contributed by atoms with E-state index in [1.165, 1.54) is 0 Å². The third-order valence-electron chi connectivity index (χ3n) is 6.21. The van der Waals surface area contributed by atoms with E-state index >= 15 is 0 Å². The number of hydrogen-bond donors (Lipinski definition) is 0. The molecule has 112 valence electrons. The Labute approximate surface area is 120 Å². The minimum Gasteiger partial charge on any atom is -0.465 e. The number of esters is 2. The molecule has 0 aromatic rings. The summed E-state index contributed by atoms with van der Waals surface area (Å²) in [6.07, 6.45) is 2.57. The van der Waals surface area contributed by atoms with Crippen LogP contribution in [0.3, 0.4) is 0 Å². The van der Waals surface area contributed by atoms with Crippen LogP contribution in [0.1, 0.15) is 47.0 Å². The van der Waals surface area contributed by atoms with E-state index in [2.05, 4.69) is 0 Å². The summed E-state index contributed by atoms with van der Waals surface area (Å²) < 4.78 is 11.0. The van der Waals surface area contributed by atoms with Gasteiger partial charge in [0.05, 0.1) is 17.4 Å². The van der Waals surface area contributed by atoms with Crippen LogP contribution in [-0.2, 0) is 19.1 Å². The van der Waals surface area contributed by atoms with Crippen LogP contribution in [0.4, 0.5) is 0 Å². The number of fused-ring (bicyclic) bond motifs is 5. The zero-order valence-corrected chi connectivity index (χ0v) is 12.8. The van der Waals surface area contributed by atoms with Crippen molar-refractivity contribution in [2.24, 2.45) is 28.6 Å². The molecule has 3 rings (SSSR count). The van der Waals surface area contributed by atoms with Crippen LogP contribution in [-0.4, -0.2) is 24.6 Å². The van der Waals surface area contributed by atoms with Crippen LogP contribution in [0, 0.1) is 28.6 Å². The summed E-state index contributed by atoms with van der Waals surface area (Å²) in [5, 5.41) is 0. The smallest absolute Gasteiger partial charge is 0.312 e. The highest BCUT2D eigenvalue weighted by atomic mass is 16.6. The lowest BCUT2D eigenvalue weighted by Gasteiger charge is -2.36. The first-order chi connectivity index (χ1) is 9.30. The fourth-order valence-electron chi connectivity index (χ4n) is 4.20. The molecule has 0 amide bonds. The third kappa shape index (κ3) is 1.66. The van der Waals surface area contributed by atoms with Crippen molar-refractivity contribution in [2.45, 2.75) is 53.1 Å². The Bertz CT molecular complexity index is 455. The number of ether oxygens (including phenoxy) is 2. The van der Waals surface area contributed by atoms with Crippen molar-refractivity contribution in [2.75, 3.05) is 6.61 Å². The first-order valence-corrected chi connectivity index (χ1v) is 7.69. The van der Waals surface area contributed by atoms with Crippen LogP contribution in [0.25, 0.3) is 0 Å². The van der Waals surface area contributed by atoms with Crippen LogP contribution < -0.4 is 0 Å². The maximum Gasteiger partial charge on any atom is 0.312 e. The molecule has 1 aliphatic heterocycles. The summed E-state index contributed by atoms with van der Waals surface area (Å²) in [5.74, 6) is 0.692. The van der Waals surface area contributed by atoms with Gasteiger partial charge in [-0.1, -0.05) is 6.92 Å². The van der Waals surface area contributed by atoms with E-state index in [0.29, 0.717) is 18.4 Å². The Morgan fingerprint density at radius 2 is 2.15 bits per heavy atom. The first-order valence-electron chi connectivity index (χ1n) is 7.69. The first kappa shape index (κ1) is 13.9. The molecule has 5 unspecified atom stereocenters. The van der Waals surface area contributed by atoms with E-state index < -0.39 is 5.41 Å². The Morgan fingerprint density at radius 1 is 1.45 bits per heavy atom. The highest BCUT2D eigenvalue weighted by molar-refractivity contribution is 5.80. The molecule has 1 heterocycles. The van der Waals surface area contributed by atoms with E-state index in [4.69, 9.17) is 9.47 Å². The van der Waals surface area contributed by atoms with Gasteiger partial charge in [-0.15, -0.1) is 0 Å². The lowest BCUT2D eigenvalue weighted by atomic mass is 9.68. The molecule has 20 heavy (non-hydrogen) atoms. The normalized spacial score (nSPS) is 42.5. The molecule has 4 nitrogen and oxygen atoms in total. The SMILES string of the molecule is CCC(C)(C)C(=O)OC1CC2CC1C1COC(=O)C21C. The average molecular weight is 280 g/mol. The maximum absolute atomic E-state index is 12.2. The van der Waals surface area contributed by atoms with Gasteiger partial charge in [0.1, 0.15) is 6.10 Å². The topological polar surface area (TPSA) is 52.6 Å². The van der Waals surface area contributed by atoms with Gasteiger partial charge in [-0.2, -0.15) is 0 Å². The summed E-state index contributed by atoms with van der Waals surface area (Å²) >= 11 is 0. The van der Waals surface area contributed by atoms with Crippen LogP contribution in [0.15, 0.2) is 0 Å². The van der Waals surface area contributed by atoms with Gasteiger partial charge in [0, 0.05) is 11.8 Å². The van der Waals surface area contributed by atoms with Gasteiger partial charge in [-0.05, 0) is 46.0 Å². The molecule has 3 aliphatic rings. The summed E-state index contributed by atoms with van der Waals surface area (Å²) in [7, 11) is 0. The lowest BCUT2D eigenvalue weighted by molar-refractivity contribution is -0.165. The Kier molecular flexibility index (Phi) is 2.93. The standard InChI is InChI=1S/C16H24O4/c1-5-15(2,3)13(17)20-12-7-9-6-10(12)11-8-19-14(18)16(9,11)4/h9-12H,5-8H2,1-4H3. The number of carbonyl (C=O) groups is 2. The van der Waals surface area contributed by atoms with Crippen LogP contribution in [0.2, 0.25) is 0 Å². The number of cyclic esters (lactones) is 1. The largest absolute Gasteiger partial charge is 0.465 e. The summed E-state index contributed by atoms with van der Waals surface area (Å²) in [5.41, 5.74) is -0.749. The van der Waals surface area contributed by atoms with Crippen molar-refractivity contribution in [1.82, 2.24) is 0 Å². The fourth-order valence-corrected chi connectivity index (χ4v) is 4.20. The van der Waals surface area contributed by atoms with Crippen LogP contribution >= 0.6 is 0 Å². The minimum absolute atomic E-state index is 0.0223. The highest BCUT2D eigenvalue weighted by Gasteiger charge is 2.67. The fraction of sp³-hybridized carbons (Fsp3) is 0.875. The van der Waals surface area contributed by atoms with Crippen molar-refractivity contribution in [3.8, 4) is 0 Å². The van der Waals surface area contributed by atoms with E-state index in [1.807, 2.05) is 27.7 Å². The zero-order valence-electron chi connectivity index (χ0n) is 12.8. The second-order valence-corrected chi connectivity index (χ2v) is 7.50. The maximum atomic E-state index is 12.2. The second kappa shape index (κ2) is 4.22. The molecule has 0 radical (unpaired) electrons. The van der Waals surface area contributed by atoms with Crippen LogP contribution in [0.5, 0.6) is 0 Å². The average Bonchev–Trinajstić information content (AvgIpc) is 3.01. The van der Waals surface area contributed by atoms with E-state index in [0.717, 1.165) is 19.3 Å². The molecule has 2 aliphatic carbocycles. The molecular formula is C16H24O4. The molecule has 1 saturated heterocycles. The van der Waals surface area contributed by atoms with E-state index in [-0.39, 0.29) is 29.4 Å². The van der Waals surface area contributed by atoms with Gasteiger partial charge in [0.25, 0.3) is 0 Å².